The number of aromatic nitrogens is 1. The van der Waals surface area contributed by atoms with Crippen molar-refractivity contribution < 1.29 is 0 Å². The smallest absolute Gasteiger partial charge is 0.0416 e. The third-order valence-electron chi connectivity index (χ3n) is 3.63. The Balaban J connectivity index is 1.71. The first-order chi connectivity index (χ1) is 7.86. The maximum Gasteiger partial charge on any atom is 0.0416 e. The highest BCUT2D eigenvalue weighted by atomic mass is 14.9. The van der Waals surface area contributed by atoms with Gasteiger partial charge in [-0.05, 0) is 30.9 Å². The Hall–Kier alpha value is -0.890. The van der Waals surface area contributed by atoms with Gasteiger partial charge in [0, 0.05) is 30.9 Å². The van der Waals surface area contributed by atoms with Crippen LogP contribution in [0.1, 0.15) is 38.3 Å². The van der Waals surface area contributed by atoms with Gasteiger partial charge in [0.1, 0.15) is 0 Å². The summed E-state index contributed by atoms with van der Waals surface area (Å²) in [5.41, 5.74) is 1.19. The maximum absolute atomic E-state index is 4.34. The molecule has 1 aliphatic carbocycles. The molecule has 1 aromatic rings. The largest absolute Gasteiger partial charge is 0.313 e. The van der Waals surface area contributed by atoms with E-state index in [-0.39, 0.29) is 0 Å². The number of hydrogen-bond acceptors (Lipinski definition) is 2. The Kier molecular flexibility index (Phi) is 4.34. The number of rotatable bonds is 4. The standard InChI is InChI=1S/C14H22N2/c1-12-6-2-3-8-14(12)16-11-9-13-7-4-5-10-15-13/h4-5,7,10,12,14,16H,2-3,6,8-9,11H2,1H3. The molecule has 2 unspecified atom stereocenters. The van der Waals surface area contributed by atoms with Gasteiger partial charge in [0.05, 0.1) is 0 Å². The lowest BCUT2D eigenvalue weighted by Gasteiger charge is -2.29. The second-order valence-electron chi connectivity index (χ2n) is 4.89. The van der Waals surface area contributed by atoms with Gasteiger partial charge in [-0.15, -0.1) is 0 Å². The van der Waals surface area contributed by atoms with Crippen LogP contribution in [-0.2, 0) is 6.42 Å². The lowest BCUT2D eigenvalue weighted by Crippen LogP contribution is -2.38. The average molecular weight is 218 g/mol. The van der Waals surface area contributed by atoms with Gasteiger partial charge in [0.15, 0.2) is 0 Å². The van der Waals surface area contributed by atoms with E-state index in [0.717, 1.165) is 24.9 Å². The molecule has 2 heteroatoms. The summed E-state index contributed by atoms with van der Waals surface area (Å²) in [6.45, 7) is 3.43. The summed E-state index contributed by atoms with van der Waals surface area (Å²) in [7, 11) is 0. The van der Waals surface area contributed by atoms with Crippen molar-refractivity contribution in [1.29, 1.82) is 0 Å². The van der Waals surface area contributed by atoms with Crippen LogP contribution >= 0.6 is 0 Å². The van der Waals surface area contributed by atoms with E-state index in [2.05, 4.69) is 29.4 Å². The van der Waals surface area contributed by atoms with Crippen molar-refractivity contribution in [3.63, 3.8) is 0 Å². The highest BCUT2D eigenvalue weighted by molar-refractivity contribution is 5.03. The molecule has 1 saturated carbocycles. The van der Waals surface area contributed by atoms with Crippen LogP contribution in [0.3, 0.4) is 0 Å². The molecule has 1 N–H and O–H groups in total. The van der Waals surface area contributed by atoms with Crippen molar-refractivity contribution >= 4 is 0 Å². The van der Waals surface area contributed by atoms with E-state index in [9.17, 15) is 0 Å². The van der Waals surface area contributed by atoms with E-state index < -0.39 is 0 Å². The molecule has 0 aromatic carbocycles. The molecule has 1 aliphatic rings. The second kappa shape index (κ2) is 6.00. The molecule has 0 bridgehead atoms. The Morgan fingerprint density at radius 2 is 2.19 bits per heavy atom. The molecule has 2 rings (SSSR count). The lowest BCUT2D eigenvalue weighted by molar-refractivity contribution is 0.282. The Morgan fingerprint density at radius 1 is 1.31 bits per heavy atom. The maximum atomic E-state index is 4.34. The zero-order valence-corrected chi connectivity index (χ0v) is 10.2. The van der Waals surface area contributed by atoms with Crippen molar-refractivity contribution in [2.75, 3.05) is 6.54 Å². The molecule has 16 heavy (non-hydrogen) atoms. The minimum atomic E-state index is 0.734. The van der Waals surface area contributed by atoms with E-state index in [0.29, 0.717) is 0 Å². The van der Waals surface area contributed by atoms with Crippen molar-refractivity contribution in [1.82, 2.24) is 10.3 Å². The topological polar surface area (TPSA) is 24.9 Å². The van der Waals surface area contributed by atoms with Crippen LogP contribution in [0.25, 0.3) is 0 Å². The van der Waals surface area contributed by atoms with Crippen LogP contribution in [-0.4, -0.2) is 17.6 Å². The number of pyridine rings is 1. The van der Waals surface area contributed by atoms with Crippen molar-refractivity contribution in [2.24, 2.45) is 5.92 Å². The number of hydrogen-bond donors (Lipinski definition) is 1. The Bertz CT molecular complexity index is 297. The molecule has 0 aliphatic heterocycles. The fourth-order valence-electron chi connectivity index (χ4n) is 2.55. The van der Waals surface area contributed by atoms with Crippen LogP contribution in [0.15, 0.2) is 24.4 Å². The third-order valence-corrected chi connectivity index (χ3v) is 3.63. The quantitative estimate of drug-likeness (QED) is 0.840. The SMILES string of the molecule is CC1CCCCC1NCCc1ccccn1. The molecular weight excluding hydrogens is 196 g/mol. The van der Waals surface area contributed by atoms with Gasteiger partial charge in [0.25, 0.3) is 0 Å². The van der Waals surface area contributed by atoms with E-state index in [1.54, 1.807) is 0 Å². The molecular formula is C14H22N2. The van der Waals surface area contributed by atoms with Gasteiger partial charge in [-0.2, -0.15) is 0 Å². The predicted molar refractivity (Wildman–Crippen MR) is 67.4 cm³/mol. The van der Waals surface area contributed by atoms with Crippen LogP contribution < -0.4 is 5.32 Å². The van der Waals surface area contributed by atoms with Crippen LogP contribution in [0, 0.1) is 5.92 Å². The summed E-state index contributed by atoms with van der Waals surface area (Å²) in [5.74, 6) is 0.845. The molecule has 0 amide bonds. The molecule has 0 spiro atoms. The van der Waals surface area contributed by atoms with Gasteiger partial charge >= 0.3 is 0 Å². The first kappa shape index (κ1) is 11.6. The summed E-state index contributed by atoms with van der Waals surface area (Å²) in [5, 5.41) is 3.68. The van der Waals surface area contributed by atoms with Gasteiger partial charge < -0.3 is 5.32 Å². The monoisotopic (exact) mass is 218 g/mol. The Labute approximate surface area is 98.5 Å². The van der Waals surface area contributed by atoms with E-state index >= 15 is 0 Å². The van der Waals surface area contributed by atoms with Crippen molar-refractivity contribution in [3.8, 4) is 0 Å². The fourth-order valence-corrected chi connectivity index (χ4v) is 2.55. The van der Waals surface area contributed by atoms with E-state index in [1.807, 2.05) is 12.3 Å². The molecule has 1 aromatic heterocycles. The van der Waals surface area contributed by atoms with Gasteiger partial charge in [0.2, 0.25) is 0 Å². The van der Waals surface area contributed by atoms with E-state index in [4.69, 9.17) is 0 Å². The minimum Gasteiger partial charge on any atom is -0.313 e. The molecule has 88 valence electrons. The average Bonchev–Trinajstić information content (AvgIpc) is 2.33. The summed E-state index contributed by atoms with van der Waals surface area (Å²) in [6.07, 6.45) is 8.47. The second-order valence-corrected chi connectivity index (χ2v) is 4.89. The summed E-state index contributed by atoms with van der Waals surface area (Å²) >= 11 is 0. The summed E-state index contributed by atoms with van der Waals surface area (Å²) in [4.78, 5) is 4.34. The van der Waals surface area contributed by atoms with Crippen molar-refractivity contribution in [3.05, 3.63) is 30.1 Å². The molecule has 2 nitrogen and oxygen atoms in total. The fraction of sp³-hybridized carbons (Fsp3) is 0.643. The van der Waals surface area contributed by atoms with Gasteiger partial charge in [-0.1, -0.05) is 25.8 Å². The van der Waals surface area contributed by atoms with Crippen molar-refractivity contribution in [2.45, 2.75) is 45.1 Å². The van der Waals surface area contributed by atoms with E-state index in [1.165, 1.54) is 31.4 Å². The predicted octanol–water partition coefficient (Wildman–Crippen LogP) is 2.79. The van der Waals surface area contributed by atoms with Crippen LogP contribution in [0.4, 0.5) is 0 Å². The summed E-state index contributed by atoms with van der Waals surface area (Å²) in [6, 6.07) is 6.87. The highest BCUT2D eigenvalue weighted by Gasteiger charge is 2.19. The first-order valence-corrected chi connectivity index (χ1v) is 6.49. The molecule has 1 fully saturated rings. The van der Waals surface area contributed by atoms with Gasteiger partial charge in [-0.3, -0.25) is 4.98 Å². The van der Waals surface area contributed by atoms with Crippen LogP contribution in [0.5, 0.6) is 0 Å². The lowest BCUT2D eigenvalue weighted by atomic mass is 9.86. The highest BCUT2D eigenvalue weighted by Crippen LogP contribution is 2.23. The molecule has 1 heterocycles. The van der Waals surface area contributed by atoms with Gasteiger partial charge in [-0.25, -0.2) is 0 Å². The molecule has 2 atom stereocenters. The zero-order valence-electron chi connectivity index (χ0n) is 10.2. The first-order valence-electron chi connectivity index (χ1n) is 6.49. The molecule has 0 radical (unpaired) electrons. The molecule has 0 saturated heterocycles. The van der Waals surface area contributed by atoms with Crippen LogP contribution in [0.2, 0.25) is 0 Å². The summed E-state index contributed by atoms with van der Waals surface area (Å²) < 4.78 is 0. The Morgan fingerprint density at radius 3 is 2.94 bits per heavy atom. The minimum absolute atomic E-state index is 0.734. The third kappa shape index (κ3) is 3.31. The number of nitrogens with zero attached hydrogens (tertiary/aromatic N) is 1. The normalized spacial score (nSPS) is 25.6. The zero-order chi connectivity index (χ0) is 11.2. The number of nitrogens with one attached hydrogen (secondary N) is 1.